The van der Waals surface area contributed by atoms with Gasteiger partial charge in [-0.25, -0.2) is 4.79 Å². The number of carbonyl (C=O) groups is 3. The molecule has 148 valence electrons. The first-order valence-electron chi connectivity index (χ1n) is 8.84. The van der Waals surface area contributed by atoms with Gasteiger partial charge in [-0.1, -0.05) is 42.5 Å². The Morgan fingerprint density at radius 3 is 2.44 bits per heavy atom. The van der Waals surface area contributed by atoms with Gasteiger partial charge in [-0.15, -0.1) is 0 Å². The number of benzene rings is 1. The van der Waals surface area contributed by atoms with Gasteiger partial charge in [0.2, 0.25) is 5.91 Å². The van der Waals surface area contributed by atoms with Crippen LogP contribution in [0.1, 0.15) is 39.2 Å². The second-order valence-electron chi connectivity index (χ2n) is 7.08. The molecule has 0 unspecified atom stereocenters. The van der Waals surface area contributed by atoms with Crippen molar-refractivity contribution in [2.75, 3.05) is 6.54 Å². The van der Waals surface area contributed by atoms with Crippen molar-refractivity contribution in [3.63, 3.8) is 0 Å². The molecule has 0 aliphatic carbocycles. The number of carboxylic acids is 1. The largest absolute Gasteiger partial charge is 0.481 e. The summed E-state index contributed by atoms with van der Waals surface area (Å²) in [5.41, 5.74) is 0.398. The molecular formula is C20H28N2O5. The first-order chi connectivity index (χ1) is 12.7. The topological polar surface area (TPSA) is 105 Å². The van der Waals surface area contributed by atoms with Crippen LogP contribution in [-0.2, 0) is 20.7 Å². The van der Waals surface area contributed by atoms with Crippen LogP contribution in [0.4, 0.5) is 4.79 Å². The van der Waals surface area contributed by atoms with Gasteiger partial charge in [-0.3, -0.25) is 9.59 Å². The number of nitrogens with one attached hydrogen (secondary N) is 2. The summed E-state index contributed by atoms with van der Waals surface area (Å²) in [6.07, 6.45) is 3.83. The highest BCUT2D eigenvalue weighted by atomic mass is 16.6. The molecule has 0 saturated carbocycles. The Balaban J connectivity index is 2.59. The maximum absolute atomic E-state index is 12.1. The van der Waals surface area contributed by atoms with E-state index in [1.54, 1.807) is 32.9 Å². The molecule has 0 aliphatic heterocycles. The number of carbonyl (C=O) groups excluding carboxylic acids is 2. The predicted octanol–water partition coefficient (Wildman–Crippen LogP) is 2.66. The van der Waals surface area contributed by atoms with Crippen LogP contribution >= 0.6 is 0 Å². The summed E-state index contributed by atoms with van der Waals surface area (Å²) in [7, 11) is 0. The van der Waals surface area contributed by atoms with Crippen LogP contribution in [0.3, 0.4) is 0 Å². The molecule has 1 aromatic carbocycles. The smallest absolute Gasteiger partial charge is 0.408 e. The van der Waals surface area contributed by atoms with Crippen molar-refractivity contribution in [1.82, 2.24) is 10.6 Å². The normalized spacial score (nSPS) is 12.4. The first kappa shape index (κ1) is 22.2. The van der Waals surface area contributed by atoms with E-state index < -0.39 is 17.7 Å². The fourth-order valence-corrected chi connectivity index (χ4v) is 2.23. The van der Waals surface area contributed by atoms with Gasteiger partial charge in [0.05, 0.1) is 6.04 Å². The average Bonchev–Trinajstić information content (AvgIpc) is 2.56. The molecule has 27 heavy (non-hydrogen) atoms. The van der Waals surface area contributed by atoms with Crippen LogP contribution in [0.15, 0.2) is 42.5 Å². The van der Waals surface area contributed by atoms with Crippen LogP contribution in [0, 0.1) is 0 Å². The standard InChI is InChI=1S/C20H28N2O5/c1-20(2,3)27-19(26)21-14-17(23)22-16(11-7-8-12-18(24)25)13-15-9-5-4-6-10-15/h4-7,9-11,16H,8,12-14H2,1-3H3,(H,21,26)(H,22,23)(H,24,25)/b11-7-/t16-/m1/s1. The lowest BCUT2D eigenvalue weighted by atomic mass is 10.0. The van der Waals surface area contributed by atoms with Crippen molar-refractivity contribution in [2.24, 2.45) is 0 Å². The number of carboxylic acid groups (broad SMARTS) is 1. The van der Waals surface area contributed by atoms with Crippen LogP contribution in [0.25, 0.3) is 0 Å². The van der Waals surface area contributed by atoms with Crippen molar-refractivity contribution in [3.8, 4) is 0 Å². The molecule has 0 aliphatic rings. The number of aliphatic carboxylic acids is 1. The maximum atomic E-state index is 12.1. The highest BCUT2D eigenvalue weighted by molar-refractivity contribution is 5.82. The lowest BCUT2D eigenvalue weighted by molar-refractivity contribution is -0.136. The summed E-state index contributed by atoms with van der Waals surface area (Å²) in [5.74, 6) is -1.23. The van der Waals surface area contributed by atoms with E-state index in [4.69, 9.17) is 9.84 Å². The van der Waals surface area contributed by atoms with Gasteiger partial charge in [0, 0.05) is 6.42 Å². The van der Waals surface area contributed by atoms with Crippen molar-refractivity contribution in [3.05, 3.63) is 48.0 Å². The zero-order chi connectivity index (χ0) is 20.3. The molecule has 0 bridgehead atoms. The molecule has 0 heterocycles. The van der Waals surface area contributed by atoms with Crippen LogP contribution < -0.4 is 10.6 Å². The fraction of sp³-hybridized carbons (Fsp3) is 0.450. The Morgan fingerprint density at radius 2 is 1.85 bits per heavy atom. The number of hydrogen-bond acceptors (Lipinski definition) is 4. The van der Waals surface area contributed by atoms with Crippen LogP contribution in [0.2, 0.25) is 0 Å². The van der Waals surface area contributed by atoms with E-state index in [2.05, 4.69) is 10.6 Å². The van der Waals surface area contributed by atoms with E-state index in [1.807, 2.05) is 30.3 Å². The minimum atomic E-state index is -0.871. The van der Waals surface area contributed by atoms with Crippen molar-refractivity contribution in [2.45, 2.75) is 51.7 Å². The highest BCUT2D eigenvalue weighted by Gasteiger charge is 2.17. The number of alkyl carbamates (subject to hydrolysis) is 1. The average molecular weight is 376 g/mol. The van der Waals surface area contributed by atoms with Gasteiger partial charge in [-0.2, -0.15) is 0 Å². The van der Waals surface area contributed by atoms with Crippen molar-refractivity contribution >= 4 is 18.0 Å². The third kappa shape index (κ3) is 11.4. The van der Waals surface area contributed by atoms with Gasteiger partial charge in [0.15, 0.2) is 0 Å². The first-order valence-corrected chi connectivity index (χ1v) is 8.84. The molecule has 3 N–H and O–H groups in total. The molecule has 1 rings (SSSR count). The Kier molecular flexibility index (Phi) is 9.05. The zero-order valence-electron chi connectivity index (χ0n) is 16.0. The predicted molar refractivity (Wildman–Crippen MR) is 102 cm³/mol. The second kappa shape index (κ2) is 11.0. The zero-order valence-corrected chi connectivity index (χ0v) is 16.0. The second-order valence-corrected chi connectivity index (χ2v) is 7.08. The minimum absolute atomic E-state index is 0.0305. The summed E-state index contributed by atoms with van der Waals surface area (Å²) in [6.45, 7) is 5.02. The Bertz CT molecular complexity index is 650. The summed E-state index contributed by atoms with van der Waals surface area (Å²) in [5, 5.41) is 13.9. The van der Waals surface area contributed by atoms with E-state index in [-0.39, 0.29) is 24.9 Å². The Hall–Kier alpha value is -2.83. The van der Waals surface area contributed by atoms with Crippen molar-refractivity contribution in [1.29, 1.82) is 0 Å². The van der Waals surface area contributed by atoms with Crippen LogP contribution in [-0.4, -0.2) is 41.3 Å². The SMILES string of the molecule is CC(C)(C)OC(=O)NCC(=O)N[C@H](/C=C\CCC(=O)O)Cc1ccccc1. The van der Waals surface area contributed by atoms with Crippen molar-refractivity contribution < 1.29 is 24.2 Å². The Morgan fingerprint density at radius 1 is 1.19 bits per heavy atom. The lowest BCUT2D eigenvalue weighted by Gasteiger charge is -2.20. The third-order valence-electron chi connectivity index (χ3n) is 3.33. The van der Waals surface area contributed by atoms with Crippen LogP contribution in [0.5, 0.6) is 0 Å². The van der Waals surface area contributed by atoms with Gasteiger partial charge in [-0.05, 0) is 39.2 Å². The molecule has 0 spiro atoms. The van der Waals surface area contributed by atoms with Gasteiger partial charge in [0.1, 0.15) is 12.1 Å². The molecule has 0 saturated heterocycles. The molecule has 7 nitrogen and oxygen atoms in total. The van der Waals surface area contributed by atoms with Gasteiger partial charge in [0.25, 0.3) is 0 Å². The molecular weight excluding hydrogens is 348 g/mol. The minimum Gasteiger partial charge on any atom is -0.481 e. The molecule has 7 heteroatoms. The quantitative estimate of drug-likeness (QED) is 0.575. The maximum Gasteiger partial charge on any atom is 0.408 e. The van der Waals surface area contributed by atoms with E-state index in [9.17, 15) is 14.4 Å². The molecule has 0 aromatic heterocycles. The molecule has 1 aromatic rings. The van der Waals surface area contributed by atoms with Gasteiger partial charge < -0.3 is 20.5 Å². The number of ether oxygens (including phenoxy) is 1. The van der Waals surface area contributed by atoms with E-state index in [0.717, 1.165) is 5.56 Å². The van der Waals surface area contributed by atoms with E-state index in [0.29, 0.717) is 12.8 Å². The molecule has 1 atom stereocenters. The fourth-order valence-electron chi connectivity index (χ4n) is 2.23. The number of rotatable bonds is 9. The molecule has 0 fully saturated rings. The van der Waals surface area contributed by atoms with E-state index >= 15 is 0 Å². The summed E-state index contributed by atoms with van der Waals surface area (Å²) < 4.78 is 5.09. The van der Waals surface area contributed by atoms with E-state index in [1.165, 1.54) is 0 Å². The highest BCUT2D eigenvalue weighted by Crippen LogP contribution is 2.07. The molecule has 2 amide bonds. The number of allylic oxidation sites excluding steroid dienone is 1. The van der Waals surface area contributed by atoms with Gasteiger partial charge >= 0.3 is 12.1 Å². The molecule has 0 radical (unpaired) electrons. The third-order valence-corrected chi connectivity index (χ3v) is 3.33. The lowest BCUT2D eigenvalue weighted by Crippen LogP contribution is -2.43. The summed E-state index contributed by atoms with van der Waals surface area (Å²) in [6, 6.07) is 9.31. The summed E-state index contributed by atoms with van der Waals surface area (Å²) >= 11 is 0. The number of hydrogen-bond donors (Lipinski definition) is 3. The Labute approximate surface area is 159 Å². The monoisotopic (exact) mass is 376 g/mol. The number of amides is 2. The summed E-state index contributed by atoms with van der Waals surface area (Å²) in [4.78, 5) is 34.4.